The molecule has 0 amide bonds. The van der Waals surface area contributed by atoms with E-state index in [-0.39, 0.29) is 0 Å². The van der Waals surface area contributed by atoms with E-state index >= 15 is 0 Å². The van der Waals surface area contributed by atoms with Crippen molar-refractivity contribution in [1.29, 1.82) is 0 Å². The number of para-hydroxylation sites is 2. The number of hydrogen-bond donors (Lipinski definition) is 1. The molecule has 0 aliphatic heterocycles. The first kappa shape index (κ1) is 9.88. The number of benzene rings is 1. The van der Waals surface area contributed by atoms with Gasteiger partial charge in [-0.25, -0.2) is 9.97 Å². The molecule has 0 spiro atoms. The van der Waals surface area contributed by atoms with Crippen LogP contribution in [0.3, 0.4) is 0 Å². The third kappa shape index (κ3) is 1.61. The van der Waals surface area contributed by atoms with Gasteiger partial charge in [0.1, 0.15) is 0 Å². The second-order valence-corrected chi connectivity index (χ2v) is 4.88. The Kier molecular flexibility index (Phi) is 2.03. The number of aromatic amines is 1. The molecule has 3 aromatic rings. The van der Waals surface area contributed by atoms with Crippen molar-refractivity contribution < 1.29 is 4.42 Å². The highest BCUT2D eigenvalue weighted by atomic mass is 16.3. The number of nitrogens with one attached hydrogen (secondary N) is 1. The maximum Gasteiger partial charge on any atom is 0.192 e. The van der Waals surface area contributed by atoms with E-state index < -0.39 is 0 Å². The minimum atomic E-state index is 0.782. The van der Waals surface area contributed by atoms with Crippen LogP contribution in [0.25, 0.3) is 22.6 Å². The van der Waals surface area contributed by atoms with Crippen LogP contribution >= 0.6 is 0 Å². The summed E-state index contributed by atoms with van der Waals surface area (Å²) in [4.78, 5) is 12.2. The van der Waals surface area contributed by atoms with Crippen LogP contribution in [0.1, 0.15) is 18.5 Å². The van der Waals surface area contributed by atoms with Crippen molar-refractivity contribution in [1.82, 2.24) is 15.0 Å². The van der Waals surface area contributed by atoms with E-state index in [2.05, 4.69) is 15.0 Å². The highest BCUT2D eigenvalue weighted by Crippen LogP contribution is 2.35. The van der Waals surface area contributed by atoms with Gasteiger partial charge in [0.25, 0.3) is 0 Å². The maximum absolute atomic E-state index is 5.50. The molecule has 4 nitrogen and oxygen atoms in total. The maximum atomic E-state index is 5.50. The van der Waals surface area contributed by atoms with Gasteiger partial charge in [-0.05, 0) is 37.3 Å². The highest BCUT2D eigenvalue weighted by molar-refractivity contribution is 5.78. The number of H-pyrrole nitrogens is 1. The van der Waals surface area contributed by atoms with Crippen LogP contribution in [0.2, 0.25) is 0 Å². The molecule has 2 aromatic heterocycles. The molecule has 18 heavy (non-hydrogen) atoms. The lowest BCUT2D eigenvalue weighted by Crippen LogP contribution is -1.91. The average molecular weight is 239 g/mol. The Morgan fingerprint density at radius 1 is 1.28 bits per heavy atom. The molecule has 0 radical (unpaired) electrons. The predicted octanol–water partition coefficient (Wildman–Crippen LogP) is 3.17. The van der Waals surface area contributed by atoms with Crippen LogP contribution in [0.15, 0.2) is 35.1 Å². The Balaban J connectivity index is 1.78. The number of rotatable bonds is 3. The zero-order valence-corrected chi connectivity index (χ0v) is 9.89. The molecule has 1 saturated carbocycles. The smallest absolute Gasteiger partial charge is 0.192 e. The summed E-state index contributed by atoms with van der Waals surface area (Å²) in [5.41, 5.74) is 3.01. The minimum absolute atomic E-state index is 0.782. The molecule has 0 bridgehead atoms. The van der Waals surface area contributed by atoms with E-state index in [0.29, 0.717) is 0 Å². The monoisotopic (exact) mass is 239 g/mol. The summed E-state index contributed by atoms with van der Waals surface area (Å²) in [6, 6.07) is 7.99. The molecule has 2 heterocycles. The molecule has 90 valence electrons. The molecule has 1 aromatic carbocycles. The molecule has 4 heteroatoms. The zero-order chi connectivity index (χ0) is 11.9. The van der Waals surface area contributed by atoms with Gasteiger partial charge in [0, 0.05) is 0 Å². The van der Waals surface area contributed by atoms with E-state index in [9.17, 15) is 0 Å². The topological polar surface area (TPSA) is 54.7 Å². The Morgan fingerprint density at radius 2 is 2.17 bits per heavy atom. The van der Waals surface area contributed by atoms with Crippen molar-refractivity contribution >= 4 is 11.0 Å². The van der Waals surface area contributed by atoms with Gasteiger partial charge in [0.05, 0.1) is 16.7 Å². The summed E-state index contributed by atoms with van der Waals surface area (Å²) in [5.74, 6) is 2.36. The fourth-order valence-electron chi connectivity index (χ4n) is 2.26. The van der Waals surface area contributed by atoms with Crippen molar-refractivity contribution in [3.05, 3.63) is 36.4 Å². The van der Waals surface area contributed by atoms with Crippen molar-refractivity contribution in [3.8, 4) is 11.6 Å². The molecule has 1 fully saturated rings. The Morgan fingerprint density at radius 3 is 3.00 bits per heavy atom. The SMILES string of the molecule is c1ccc2[nH]c(-c3ocnc3CC3CC3)nc2c1. The van der Waals surface area contributed by atoms with Gasteiger partial charge in [0.15, 0.2) is 18.0 Å². The minimum Gasteiger partial charge on any atom is -0.440 e. The van der Waals surface area contributed by atoms with Crippen molar-refractivity contribution in [2.45, 2.75) is 19.3 Å². The third-order valence-corrected chi connectivity index (χ3v) is 3.42. The van der Waals surface area contributed by atoms with E-state index in [0.717, 1.165) is 40.7 Å². The molecule has 0 unspecified atom stereocenters. The molecular weight excluding hydrogens is 226 g/mol. The van der Waals surface area contributed by atoms with Crippen LogP contribution in [0.5, 0.6) is 0 Å². The number of imidazole rings is 1. The largest absolute Gasteiger partial charge is 0.440 e. The summed E-state index contributed by atoms with van der Waals surface area (Å²) in [6.45, 7) is 0. The number of hydrogen-bond acceptors (Lipinski definition) is 3. The van der Waals surface area contributed by atoms with Crippen LogP contribution in [0, 0.1) is 5.92 Å². The number of fused-ring (bicyclic) bond motifs is 1. The van der Waals surface area contributed by atoms with Crippen molar-refractivity contribution in [3.63, 3.8) is 0 Å². The van der Waals surface area contributed by atoms with Crippen LogP contribution in [-0.2, 0) is 6.42 Å². The quantitative estimate of drug-likeness (QED) is 0.763. The predicted molar refractivity (Wildman–Crippen MR) is 68.0 cm³/mol. The molecule has 1 N–H and O–H groups in total. The lowest BCUT2D eigenvalue weighted by Gasteiger charge is -1.95. The molecule has 1 aliphatic carbocycles. The van der Waals surface area contributed by atoms with E-state index in [4.69, 9.17) is 4.42 Å². The van der Waals surface area contributed by atoms with Gasteiger partial charge in [-0.15, -0.1) is 0 Å². The third-order valence-electron chi connectivity index (χ3n) is 3.42. The Labute approximate surface area is 104 Å². The fraction of sp³-hybridized carbons (Fsp3) is 0.286. The van der Waals surface area contributed by atoms with E-state index in [1.807, 2.05) is 24.3 Å². The zero-order valence-electron chi connectivity index (χ0n) is 9.89. The van der Waals surface area contributed by atoms with Crippen molar-refractivity contribution in [2.75, 3.05) is 0 Å². The van der Waals surface area contributed by atoms with E-state index in [1.54, 1.807) is 0 Å². The second kappa shape index (κ2) is 3.70. The summed E-state index contributed by atoms with van der Waals surface area (Å²) in [5, 5.41) is 0. The lowest BCUT2D eigenvalue weighted by molar-refractivity contribution is 0.566. The van der Waals surface area contributed by atoms with Gasteiger partial charge in [-0.3, -0.25) is 0 Å². The number of aromatic nitrogens is 3. The Hall–Kier alpha value is -2.10. The summed E-state index contributed by atoms with van der Waals surface area (Å²) < 4.78 is 5.50. The van der Waals surface area contributed by atoms with Crippen molar-refractivity contribution in [2.24, 2.45) is 5.92 Å². The molecule has 0 saturated heterocycles. The molecule has 1 aliphatic rings. The molecule has 0 atom stereocenters. The van der Waals surface area contributed by atoms with Gasteiger partial charge in [-0.1, -0.05) is 12.1 Å². The fourth-order valence-corrected chi connectivity index (χ4v) is 2.26. The lowest BCUT2D eigenvalue weighted by atomic mass is 10.2. The van der Waals surface area contributed by atoms with Crippen LogP contribution in [-0.4, -0.2) is 15.0 Å². The van der Waals surface area contributed by atoms with Gasteiger partial charge in [-0.2, -0.15) is 0 Å². The second-order valence-electron chi connectivity index (χ2n) is 4.88. The van der Waals surface area contributed by atoms with Gasteiger partial charge in [0.2, 0.25) is 0 Å². The normalized spacial score (nSPS) is 15.3. The van der Waals surface area contributed by atoms with Gasteiger partial charge >= 0.3 is 0 Å². The summed E-state index contributed by atoms with van der Waals surface area (Å²) in [7, 11) is 0. The summed E-state index contributed by atoms with van der Waals surface area (Å²) >= 11 is 0. The highest BCUT2D eigenvalue weighted by Gasteiger charge is 2.25. The first-order chi connectivity index (χ1) is 8.90. The standard InChI is InChI=1S/C14H13N3O/c1-2-4-11-10(3-1)16-14(17-11)13-12(15-8-18-13)7-9-5-6-9/h1-4,8-9H,5-7H2,(H,16,17). The molecule has 4 rings (SSSR count). The average Bonchev–Trinajstić information content (AvgIpc) is 2.91. The number of nitrogens with zero attached hydrogens (tertiary/aromatic N) is 2. The van der Waals surface area contributed by atoms with Crippen LogP contribution < -0.4 is 0 Å². The summed E-state index contributed by atoms with van der Waals surface area (Å²) in [6.07, 6.45) is 5.14. The molecular formula is C14H13N3O. The first-order valence-corrected chi connectivity index (χ1v) is 6.27. The Bertz CT molecular complexity index is 661. The van der Waals surface area contributed by atoms with Gasteiger partial charge < -0.3 is 9.40 Å². The first-order valence-electron chi connectivity index (χ1n) is 6.27. The van der Waals surface area contributed by atoms with Crippen LogP contribution in [0.4, 0.5) is 0 Å². The number of oxazole rings is 1. The van der Waals surface area contributed by atoms with E-state index in [1.165, 1.54) is 19.2 Å².